The summed E-state index contributed by atoms with van der Waals surface area (Å²) < 4.78 is 6.51. The van der Waals surface area contributed by atoms with E-state index in [0.29, 0.717) is 13.1 Å². The van der Waals surface area contributed by atoms with E-state index in [4.69, 9.17) is 4.74 Å². The Labute approximate surface area is 161 Å². The van der Waals surface area contributed by atoms with Crippen molar-refractivity contribution in [2.75, 3.05) is 6.54 Å². The summed E-state index contributed by atoms with van der Waals surface area (Å²) >= 11 is 1.52. The van der Waals surface area contributed by atoms with Gasteiger partial charge in [0.2, 0.25) is 5.91 Å². The van der Waals surface area contributed by atoms with Crippen molar-refractivity contribution in [3.05, 3.63) is 64.7 Å². The lowest BCUT2D eigenvalue weighted by Crippen LogP contribution is -2.26. The zero-order valence-corrected chi connectivity index (χ0v) is 15.9. The number of hydrogen-bond donors (Lipinski definition) is 0. The monoisotopic (exact) mass is 380 g/mol. The summed E-state index contributed by atoms with van der Waals surface area (Å²) in [5, 5.41) is 0.769. The number of benzene rings is 2. The number of likely N-dealkylation sites (tertiary alicyclic amines) is 1. The van der Waals surface area contributed by atoms with Gasteiger partial charge < -0.3 is 9.64 Å². The van der Waals surface area contributed by atoms with Gasteiger partial charge >= 0.3 is 5.97 Å². The molecule has 1 fully saturated rings. The van der Waals surface area contributed by atoms with Gasteiger partial charge in [0.15, 0.2) is 0 Å². The van der Waals surface area contributed by atoms with Crippen molar-refractivity contribution < 1.29 is 14.3 Å². The first kappa shape index (κ1) is 17.7. The largest absolute Gasteiger partial charge is 0.458 e. The molecule has 1 aromatic heterocycles. The molecule has 6 heteroatoms. The Morgan fingerprint density at radius 2 is 2.00 bits per heavy atom. The van der Waals surface area contributed by atoms with Crippen molar-refractivity contribution in [3.8, 4) is 0 Å². The molecule has 3 aromatic rings. The molecule has 5 nitrogen and oxygen atoms in total. The summed E-state index contributed by atoms with van der Waals surface area (Å²) in [5.41, 5.74) is 3.16. The molecule has 0 spiro atoms. The first-order chi connectivity index (χ1) is 13.1. The Balaban J connectivity index is 1.33. The third-order valence-corrected chi connectivity index (χ3v) is 5.73. The molecule has 1 amide bonds. The predicted molar refractivity (Wildman–Crippen MR) is 104 cm³/mol. The molecule has 1 aliphatic rings. The van der Waals surface area contributed by atoms with Gasteiger partial charge in [0.05, 0.1) is 16.1 Å². The van der Waals surface area contributed by atoms with E-state index in [1.165, 1.54) is 16.9 Å². The summed E-state index contributed by atoms with van der Waals surface area (Å²) in [6, 6.07) is 15.9. The van der Waals surface area contributed by atoms with Crippen LogP contribution < -0.4 is 0 Å². The Bertz CT molecular complexity index is 948. The van der Waals surface area contributed by atoms with Crippen LogP contribution in [-0.4, -0.2) is 28.3 Å². The lowest BCUT2D eigenvalue weighted by atomic mass is 10.1. The van der Waals surface area contributed by atoms with Crippen molar-refractivity contribution in [2.45, 2.75) is 26.5 Å². The number of nitrogens with zero attached hydrogens (tertiary/aromatic N) is 2. The minimum atomic E-state index is -0.405. The van der Waals surface area contributed by atoms with E-state index in [-0.39, 0.29) is 24.9 Å². The van der Waals surface area contributed by atoms with Gasteiger partial charge in [-0.2, -0.15) is 0 Å². The van der Waals surface area contributed by atoms with Gasteiger partial charge in [-0.05, 0) is 24.6 Å². The van der Waals surface area contributed by atoms with Gasteiger partial charge in [-0.1, -0.05) is 42.0 Å². The number of carbonyl (C=O) groups excluding carboxylic acids is 2. The van der Waals surface area contributed by atoms with Gasteiger partial charge in [-0.15, -0.1) is 11.3 Å². The SMILES string of the molecule is Cc1ccc(CN2C[C@@H](C(=O)OCc3nc4ccccc4s3)CC2=O)cc1. The molecular weight excluding hydrogens is 360 g/mol. The molecule has 0 saturated carbocycles. The summed E-state index contributed by atoms with van der Waals surface area (Å²) in [4.78, 5) is 30.9. The van der Waals surface area contributed by atoms with E-state index in [9.17, 15) is 9.59 Å². The molecule has 1 aliphatic heterocycles. The normalized spacial score (nSPS) is 16.9. The van der Waals surface area contributed by atoms with E-state index >= 15 is 0 Å². The molecule has 1 atom stereocenters. The minimum absolute atomic E-state index is 0.00230. The highest BCUT2D eigenvalue weighted by atomic mass is 32.1. The number of hydrogen-bond acceptors (Lipinski definition) is 5. The van der Waals surface area contributed by atoms with Crippen molar-refractivity contribution in [3.63, 3.8) is 0 Å². The molecule has 0 aliphatic carbocycles. The highest BCUT2D eigenvalue weighted by Gasteiger charge is 2.35. The second-order valence-electron chi connectivity index (χ2n) is 6.84. The lowest BCUT2D eigenvalue weighted by molar-refractivity contribution is -0.149. The molecule has 2 aromatic carbocycles. The average Bonchev–Trinajstić information content (AvgIpc) is 3.25. The third-order valence-electron chi connectivity index (χ3n) is 4.72. The van der Waals surface area contributed by atoms with Gasteiger partial charge in [0, 0.05) is 19.5 Å². The zero-order chi connectivity index (χ0) is 18.8. The van der Waals surface area contributed by atoms with E-state index < -0.39 is 5.92 Å². The fraction of sp³-hybridized carbons (Fsp3) is 0.286. The number of amides is 1. The summed E-state index contributed by atoms with van der Waals surface area (Å²) in [5.74, 6) is -0.733. The van der Waals surface area contributed by atoms with E-state index in [1.807, 2.05) is 55.5 Å². The van der Waals surface area contributed by atoms with Crippen LogP contribution in [-0.2, 0) is 27.5 Å². The number of thiazole rings is 1. The van der Waals surface area contributed by atoms with Gasteiger partial charge in [-0.25, -0.2) is 4.98 Å². The number of fused-ring (bicyclic) bond motifs is 1. The second-order valence-corrected chi connectivity index (χ2v) is 7.96. The number of esters is 1. The van der Waals surface area contributed by atoms with E-state index in [0.717, 1.165) is 20.8 Å². The molecule has 2 heterocycles. The van der Waals surface area contributed by atoms with Crippen LogP contribution in [0.15, 0.2) is 48.5 Å². The smallest absolute Gasteiger partial charge is 0.311 e. The highest BCUT2D eigenvalue weighted by Crippen LogP contribution is 2.24. The van der Waals surface area contributed by atoms with Gasteiger partial charge in [-0.3, -0.25) is 9.59 Å². The van der Waals surface area contributed by atoms with Gasteiger partial charge in [0.1, 0.15) is 11.6 Å². The van der Waals surface area contributed by atoms with Crippen LogP contribution in [0.3, 0.4) is 0 Å². The fourth-order valence-electron chi connectivity index (χ4n) is 3.23. The van der Waals surface area contributed by atoms with Crippen LogP contribution in [0.2, 0.25) is 0 Å². The molecule has 0 N–H and O–H groups in total. The van der Waals surface area contributed by atoms with Crippen LogP contribution in [0.4, 0.5) is 0 Å². The Morgan fingerprint density at radius 3 is 2.78 bits per heavy atom. The quantitative estimate of drug-likeness (QED) is 0.634. The molecule has 0 unspecified atom stereocenters. The Morgan fingerprint density at radius 1 is 1.22 bits per heavy atom. The molecule has 0 bridgehead atoms. The Hall–Kier alpha value is -2.73. The molecule has 4 rings (SSSR count). The average molecular weight is 380 g/mol. The van der Waals surface area contributed by atoms with Gasteiger partial charge in [0.25, 0.3) is 0 Å². The lowest BCUT2D eigenvalue weighted by Gasteiger charge is -2.16. The molecule has 1 saturated heterocycles. The van der Waals surface area contributed by atoms with Crippen molar-refractivity contribution in [1.29, 1.82) is 0 Å². The number of aryl methyl sites for hydroxylation is 1. The maximum atomic E-state index is 12.4. The third kappa shape index (κ3) is 4.01. The summed E-state index contributed by atoms with van der Waals surface area (Å²) in [6.07, 6.45) is 0.213. The van der Waals surface area contributed by atoms with Crippen LogP contribution in [0.5, 0.6) is 0 Å². The van der Waals surface area contributed by atoms with Crippen molar-refractivity contribution in [1.82, 2.24) is 9.88 Å². The maximum absolute atomic E-state index is 12.4. The number of para-hydroxylation sites is 1. The van der Waals surface area contributed by atoms with Crippen molar-refractivity contribution in [2.24, 2.45) is 5.92 Å². The number of ether oxygens (including phenoxy) is 1. The Kier molecular flexibility index (Phi) is 4.90. The molecule has 0 radical (unpaired) electrons. The van der Waals surface area contributed by atoms with Crippen LogP contribution in [0, 0.1) is 12.8 Å². The first-order valence-corrected chi connectivity index (χ1v) is 9.74. The molecule has 138 valence electrons. The topological polar surface area (TPSA) is 59.5 Å². The minimum Gasteiger partial charge on any atom is -0.458 e. The standard InChI is InChI=1S/C21H20N2O3S/c1-14-6-8-15(9-7-14)11-23-12-16(10-20(23)24)21(25)26-13-19-22-17-4-2-3-5-18(17)27-19/h2-9,16H,10-13H2,1H3/t16-/m0/s1. The maximum Gasteiger partial charge on any atom is 0.311 e. The molecule has 27 heavy (non-hydrogen) atoms. The van der Waals surface area contributed by atoms with E-state index in [1.54, 1.807) is 4.90 Å². The zero-order valence-electron chi connectivity index (χ0n) is 15.1. The second kappa shape index (κ2) is 7.48. The summed E-state index contributed by atoms with van der Waals surface area (Å²) in [7, 11) is 0. The van der Waals surface area contributed by atoms with Crippen LogP contribution in [0.25, 0.3) is 10.2 Å². The van der Waals surface area contributed by atoms with Crippen molar-refractivity contribution >= 4 is 33.4 Å². The summed E-state index contributed by atoms with van der Waals surface area (Å²) in [6.45, 7) is 3.12. The van der Waals surface area contributed by atoms with Crippen LogP contribution in [0.1, 0.15) is 22.6 Å². The fourth-order valence-corrected chi connectivity index (χ4v) is 4.11. The number of aromatic nitrogens is 1. The number of carbonyl (C=O) groups is 2. The molecular formula is C21H20N2O3S. The van der Waals surface area contributed by atoms with Crippen LogP contribution >= 0.6 is 11.3 Å². The predicted octanol–water partition coefficient (Wildman–Crippen LogP) is 3.70. The first-order valence-electron chi connectivity index (χ1n) is 8.93. The number of rotatable bonds is 5. The highest BCUT2D eigenvalue weighted by molar-refractivity contribution is 7.18. The van der Waals surface area contributed by atoms with E-state index in [2.05, 4.69) is 4.98 Å².